The number of benzene rings is 4. The zero-order chi connectivity index (χ0) is 20.8. The average molecular weight is 395 g/mol. The van der Waals surface area contributed by atoms with Crippen molar-refractivity contribution >= 4 is 11.8 Å². The van der Waals surface area contributed by atoms with Gasteiger partial charge < -0.3 is 9.47 Å². The highest BCUT2D eigenvalue weighted by Crippen LogP contribution is 2.39. The molecule has 148 valence electrons. The van der Waals surface area contributed by atoms with Gasteiger partial charge in [-0.15, -0.1) is 0 Å². The van der Waals surface area contributed by atoms with E-state index in [4.69, 9.17) is 9.47 Å². The molecule has 1 N–H and O–H groups in total. The van der Waals surface area contributed by atoms with Gasteiger partial charge in [0, 0.05) is 0 Å². The minimum atomic E-state index is -0.578. The van der Waals surface area contributed by atoms with Crippen LogP contribution >= 0.6 is 0 Å². The molecule has 0 spiro atoms. The summed E-state index contributed by atoms with van der Waals surface area (Å²) in [5.74, 6) is 1.02. The normalized spacial score (nSPS) is 10.3. The average Bonchev–Trinajstić information content (AvgIpc) is 2.80. The lowest BCUT2D eigenvalue weighted by atomic mass is 9.93. The van der Waals surface area contributed by atoms with Crippen LogP contribution in [-0.4, -0.2) is 13.2 Å². The second kappa shape index (κ2) is 8.97. The first-order chi connectivity index (χ1) is 14.7. The largest absolute Gasteiger partial charge is 0.495 e. The molecule has 1 amide bonds. The maximum absolute atomic E-state index is 12.5. The van der Waals surface area contributed by atoms with Crippen molar-refractivity contribution in [2.24, 2.45) is 0 Å². The van der Waals surface area contributed by atoms with Gasteiger partial charge in [0.1, 0.15) is 11.5 Å². The molecule has 4 rings (SSSR count). The first-order valence-electron chi connectivity index (χ1n) is 9.61. The molecule has 30 heavy (non-hydrogen) atoms. The van der Waals surface area contributed by atoms with Gasteiger partial charge in [-0.2, -0.15) is 0 Å². The first kappa shape index (κ1) is 19.3. The van der Waals surface area contributed by atoms with Crippen LogP contribution in [0, 0.1) is 0 Å². The van der Waals surface area contributed by atoms with Crippen molar-refractivity contribution in [3.8, 4) is 33.8 Å². The molecule has 4 heteroatoms. The molecular weight excluding hydrogens is 374 g/mol. The Morgan fingerprint density at radius 1 is 0.700 bits per heavy atom. The van der Waals surface area contributed by atoms with E-state index >= 15 is 0 Å². The molecule has 4 aromatic carbocycles. The number of para-hydroxylation sites is 1. The van der Waals surface area contributed by atoms with Crippen LogP contribution in [0.5, 0.6) is 11.5 Å². The lowest BCUT2D eigenvalue weighted by molar-refractivity contribution is 0.215. The van der Waals surface area contributed by atoms with E-state index in [0.29, 0.717) is 17.2 Å². The van der Waals surface area contributed by atoms with E-state index in [0.717, 1.165) is 22.3 Å². The zero-order valence-electron chi connectivity index (χ0n) is 16.5. The van der Waals surface area contributed by atoms with Gasteiger partial charge in [-0.05, 0) is 46.5 Å². The summed E-state index contributed by atoms with van der Waals surface area (Å²) < 4.78 is 11.0. The number of hydrogen-bond acceptors (Lipinski definition) is 3. The Morgan fingerprint density at radius 3 is 1.73 bits per heavy atom. The molecule has 0 saturated carbocycles. The third-order valence-corrected chi connectivity index (χ3v) is 4.70. The molecule has 0 aliphatic heterocycles. The number of methoxy groups -OCH3 is 1. The maximum Gasteiger partial charge on any atom is 0.417 e. The molecule has 0 fully saturated rings. The summed E-state index contributed by atoms with van der Waals surface area (Å²) in [5, 5.41) is 2.81. The highest BCUT2D eigenvalue weighted by molar-refractivity contribution is 5.94. The Balaban J connectivity index is 1.75. The third kappa shape index (κ3) is 4.33. The summed E-state index contributed by atoms with van der Waals surface area (Å²) in [7, 11) is 1.58. The Hall–Kier alpha value is -4.05. The minimum Gasteiger partial charge on any atom is -0.495 e. The van der Waals surface area contributed by atoms with Crippen molar-refractivity contribution < 1.29 is 14.3 Å². The van der Waals surface area contributed by atoms with Crippen LogP contribution in [0.2, 0.25) is 0 Å². The van der Waals surface area contributed by atoms with E-state index in [1.54, 1.807) is 19.2 Å². The summed E-state index contributed by atoms with van der Waals surface area (Å²) in [5.41, 5.74) is 4.64. The summed E-state index contributed by atoms with van der Waals surface area (Å²) >= 11 is 0. The smallest absolute Gasteiger partial charge is 0.417 e. The number of carbonyl (C=O) groups excluding carboxylic acids is 1. The van der Waals surface area contributed by atoms with Gasteiger partial charge in [0.15, 0.2) is 0 Å². The van der Waals surface area contributed by atoms with Crippen LogP contribution in [0.1, 0.15) is 0 Å². The number of hydrogen-bond donors (Lipinski definition) is 1. The van der Waals surface area contributed by atoms with Gasteiger partial charge in [-0.25, -0.2) is 4.79 Å². The molecule has 0 saturated heterocycles. The molecule has 0 heterocycles. The van der Waals surface area contributed by atoms with Crippen molar-refractivity contribution in [2.75, 3.05) is 12.4 Å². The molecular formula is C26H21NO3. The molecule has 0 bridgehead atoms. The topological polar surface area (TPSA) is 47.6 Å². The van der Waals surface area contributed by atoms with E-state index in [1.807, 2.05) is 78.9 Å². The highest BCUT2D eigenvalue weighted by Gasteiger charge is 2.16. The van der Waals surface area contributed by atoms with Gasteiger partial charge in [0.2, 0.25) is 0 Å². The highest BCUT2D eigenvalue weighted by atomic mass is 16.6. The quantitative estimate of drug-likeness (QED) is 0.412. The van der Waals surface area contributed by atoms with E-state index in [1.165, 1.54) is 0 Å². The summed E-state index contributed by atoms with van der Waals surface area (Å²) in [6, 6.07) is 32.9. The van der Waals surface area contributed by atoms with Gasteiger partial charge in [-0.1, -0.05) is 78.9 Å². The monoisotopic (exact) mass is 395 g/mol. The minimum absolute atomic E-state index is 0.471. The van der Waals surface area contributed by atoms with Crippen molar-refractivity contribution in [1.82, 2.24) is 0 Å². The van der Waals surface area contributed by atoms with Crippen LogP contribution in [-0.2, 0) is 0 Å². The van der Waals surface area contributed by atoms with Crippen LogP contribution in [0.3, 0.4) is 0 Å². The number of carbonyl (C=O) groups is 1. The van der Waals surface area contributed by atoms with Crippen molar-refractivity contribution in [3.05, 3.63) is 103 Å². The van der Waals surface area contributed by atoms with E-state index in [2.05, 4.69) is 17.4 Å². The lowest BCUT2D eigenvalue weighted by Crippen LogP contribution is -2.17. The van der Waals surface area contributed by atoms with Gasteiger partial charge in [-0.3, -0.25) is 5.32 Å². The Morgan fingerprint density at radius 2 is 1.20 bits per heavy atom. The lowest BCUT2D eigenvalue weighted by Gasteiger charge is -2.17. The van der Waals surface area contributed by atoms with Crippen molar-refractivity contribution in [2.45, 2.75) is 0 Å². The second-order valence-corrected chi connectivity index (χ2v) is 6.66. The molecule has 0 unspecified atom stereocenters. The number of nitrogens with one attached hydrogen (secondary N) is 1. The molecule has 0 atom stereocenters. The van der Waals surface area contributed by atoms with Crippen molar-refractivity contribution in [3.63, 3.8) is 0 Å². The van der Waals surface area contributed by atoms with E-state index in [9.17, 15) is 4.79 Å². The van der Waals surface area contributed by atoms with E-state index < -0.39 is 6.09 Å². The standard InChI is InChI=1S/C26H21NO3/c1-29-25-18-23(20-13-7-3-8-14-20)22(19-11-5-2-6-12-19)17-24(25)27-26(28)30-21-15-9-4-10-16-21/h2-18H,1H3,(H,27,28). The van der Waals surface area contributed by atoms with E-state index in [-0.39, 0.29) is 0 Å². The third-order valence-electron chi connectivity index (χ3n) is 4.70. The zero-order valence-corrected chi connectivity index (χ0v) is 16.5. The van der Waals surface area contributed by atoms with Crippen molar-refractivity contribution in [1.29, 1.82) is 0 Å². The van der Waals surface area contributed by atoms with Gasteiger partial charge in [0.25, 0.3) is 0 Å². The number of ether oxygens (including phenoxy) is 2. The summed E-state index contributed by atoms with van der Waals surface area (Å²) in [4.78, 5) is 12.5. The first-order valence-corrected chi connectivity index (χ1v) is 9.61. The molecule has 0 radical (unpaired) electrons. The predicted molar refractivity (Wildman–Crippen MR) is 120 cm³/mol. The molecule has 4 nitrogen and oxygen atoms in total. The Kier molecular flexibility index (Phi) is 5.76. The fourth-order valence-electron chi connectivity index (χ4n) is 3.29. The second-order valence-electron chi connectivity index (χ2n) is 6.66. The number of amides is 1. The summed E-state index contributed by atoms with van der Waals surface area (Å²) in [6.45, 7) is 0. The number of rotatable bonds is 5. The number of anilines is 1. The fraction of sp³-hybridized carbons (Fsp3) is 0.0385. The molecule has 0 aliphatic rings. The molecule has 4 aromatic rings. The Bertz CT molecular complexity index is 1130. The van der Waals surface area contributed by atoms with Crippen LogP contribution in [0.4, 0.5) is 10.5 Å². The van der Waals surface area contributed by atoms with Gasteiger partial charge in [0.05, 0.1) is 12.8 Å². The Labute approximate surface area is 175 Å². The van der Waals surface area contributed by atoms with Crippen LogP contribution in [0.25, 0.3) is 22.3 Å². The SMILES string of the molecule is COc1cc(-c2ccccc2)c(-c2ccccc2)cc1NC(=O)Oc1ccccc1. The summed E-state index contributed by atoms with van der Waals surface area (Å²) in [6.07, 6.45) is -0.578. The maximum atomic E-state index is 12.5. The molecule has 0 aromatic heterocycles. The van der Waals surface area contributed by atoms with Crippen LogP contribution in [0.15, 0.2) is 103 Å². The van der Waals surface area contributed by atoms with Crippen LogP contribution < -0.4 is 14.8 Å². The fourth-order valence-corrected chi connectivity index (χ4v) is 3.29. The predicted octanol–water partition coefficient (Wildman–Crippen LogP) is 6.64. The molecule has 0 aliphatic carbocycles. The van der Waals surface area contributed by atoms with Gasteiger partial charge >= 0.3 is 6.09 Å².